The third-order valence-corrected chi connectivity index (χ3v) is 3.91. The Bertz CT molecular complexity index is 544. The fraction of sp³-hybridized carbons (Fsp3) is 0.500. The lowest BCUT2D eigenvalue weighted by Gasteiger charge is -2.25. The topological polar surface area (TPSA) is 83.7 Å². The van der Waals surface area contributed by atoms with Crippen LogP contribution in [0.25, 0.3) is 0 Å². The van der Waals surface area contributed by atoms with E-state index >= 15 is 0 Å². The number of likely N-dealkylation sites (tertiary alicyclic amines) is 1. The molecular weight excluding hydrogens is 260 g/mol. The standard InChI is InChI=1S/C14H18N2O4/c1-9-3-4-12(16(19)20)11(7-9)14(18)15-6-5-10(2)13(15)8-17/h3-4,7,10,13,17H,5-6,8H2,1-2H3. The molecule has 2 unspecified atom stereocenters. The minimum Gasteiger partial charge on any atom is -0.394 e. The van der Waals surface area contributed by atoms with Gasteiger partial charge in [0, 0.05) is 12.6 Å². The van der Waals surface area contributed by atoms with Crippen LogP contribution in [0.2, 0.25) is 0 Å². The largest absolute Gasteiger partial charge is 0.394 e. The Morgan fingerprint density at radius 3 is 2.85 bits per heavy atom. The maximum atomic E-state index is 12.5. The summed E-state index contributed by atoms with van der Waals surface area (Å²) in [6, 6.07) is 4.25. The van der Waals surface area contributed by atoms with Gasteiger partial charge in [0.05, 0.1) is 17.6 Å². The van der Waals surface area contributed by atoms with Crippen molar-refractivity contribution in [3.63, 3.8) is 0 Å². The first-order valence-corrected chi connectivity index (χ1v) is 6.62. The number of nitrogens with zero attached hydrogens (tertiary/aromatic N) is 2. The van der Waals surface area contributed by atoms with Crippen LogP contribution in [-0.4, -0.2) is 40.0 Å². The molecule has 0 spiro atoms. The van der Waals surface area contributed by atoms with Gasteiger partial charge in [-0.3, -0.25) is 14.9 Å². The second-order valence-corrected chi connectivity index (χ2v) is 5.29. The van der Waals surface area contributed by atoms with Crippen LogP contribution in [0.3, 0.4) is 0 Å². The van der Waals surface area contributed by atoms with Gasteiger partial charge in [0.2, 0.25) is 0 Å². The summed E-state index contributed by atoms with van der Waals surface area (Å²) >= 11 is 0. The summed E-state index contributed by atoms with van der Waals surface area (Å²) in [6.07, 6.45) is 0.802. The number of nitro benzene ring substituents is 1. The van der Waals surface area contributed by atoms with Crippen molar-refractivity contribution < 1.29 is 14.8 Å². The van der Waals surface area contributed by atoms with Crippen molar-refractivity contribution >= 4 is 11.6 Å². The van der Waals surface area contributed by atoms with Crippen LogP contribution in [0.15, 0.2) is 18.2 Å². The number of nitro groups is 1. The number of benzene rings is 1. The summed E-state index contributed by atoms with van der Waals surface area (Å²) in [6.45, 7) is 4.16. The van der Waals surface area contributed by atoms with Gasteiger partial charge in [0.25, 0.3) is 11.6 Å². The van der Waals surface area contributed by atoms with E-state index in [4.69, 9.17) is 0 Å². The first kappa shape index (κ1) is 14.5. The highest BCUT2D eigenvalue weighted by molar-refractivity contribution is 5.98. The number of carbonyl (C=O) groups excluding carboxylic acids is 1. The lowest BCUT2D eigenvalue weighted by molar-refractivity contribution is -0.385. The number of hydrogen-bond acceptors (Lipinski definition) is 4. The number of rotatable bonds is 3. The highest BCUT2D eigenvalue weighted by atomic mass is 16.6. The van der Waals surface area contributed by atoms with Crippen molar-refractivity contribution in [1.82, 2.24) is 4.90 Å². The Labute approximate surface area is 117 Å². The quantitative estimate of drug-likeness (QED) is 0.674. The maximum Gasteiger partial charge on any atom is 0.282 e. The molecule has 1 fully saturated rings. The lowest BCUT2D eigenvalue weighted by atomic mass is 10.0. The highest BCUT2D eigenvalue weighted by Gasteiger charge is 2.36. The Hall–Kier alpha value is -1.95. The molecule has 1 heterocycles. The first-order chi connectivity index (χ1) is 9.45. The number of hydrogen-bond donors (Lipinski definition) is 1. The summed E-state index contributed by atoms with van der Waals surface area (Å²) in [4.78, 5) is 24.6. The summed E-state index contributed by atoms with van der Waals surface area (Å²) in [5.74, 6) is -0.170. The second-order valence-electron chi connectivity index (χ2n) is 5.29. The number of aliphatic hydroxyl groups excluding tert-OH is 1. The van der Waals surface area contributed by atoms with E-state index in [0.717, 1.165) is 12.0 Å². The second kappa shape index (κ2) is 5.58. The van der Waals surface area contributed by atoms with Crippen molar-refractivity contribution in [2.45, 2.75) is 26.3 Å². The zero-order valence-corrected chi connectivity index (χ0v) is 11.6. The Kier molecular flexibility index (Phi) is 4.04. The summed E-state index contributed by atoms with van der Waals surface area (Å²) < 4.78 is 0. The Balaban J connectivity index is 2.38. The number of carbonyl (C=O) groups is 1. The van der Waals surface area contributed by atoms with Gasteiger partial charge in [-0.1, -0.05) is 13.0 Å². The van der Waals surface area contributed by atoms with Gasteiger partial charge < -0.3 is 10.0 Å². The molecule has 0 aliphatic carbocycles. The van der Waals surface area contributed by atoms with Gasteiger partial charge in [-0.15, -0.1) is 0 Å². The van der Waals surface area contributed by atoms with Gasteiger partial charge in [0.15, 0.2) is 0 Å². The SMILES string of the molecule is Cc1ccc([N+](=O)[O-])c(C(=O)N2CCC(C)C2CO)c1. The molecule has 0 aromatic heterocycles. The molecule has 0 bridgehead atoms. The van der Waals surface area contributed by atoms with Gasteiger partial charge in [0.1, 0.15) is 5.56 Å². The van der Waals surface area contributed by atoms with Gasteiger partial charge in [-0.2, -0.15) is 0 Å². The summed E-state index contributed by atoms with van der Waals surface area (Å²) in [5.41, 5.74) is 0.714. The van der Waals surface area contributed by atoms with Crippen LogP contribution in [0.5, 0.6) is 0 Å². The van der Waals surface area contributed by atoms with E-state index in [2.05, 4.69) is 0 Å². The third kappa shape index (κ3) is 2.51. The predicted molar refractivity (Wildman–Crippen MR) is 73.5 cm³/mol. The van der Waals surface area contributed by atoms with Gasteiger partial charge in [-0.05, 0) is 30.9 Å². The van der Waals surface area contributed by atoms with E-state index in [1.165, 1.54) is 12.1 Å². The monoisotopic (exact) mass is 278 g/mol. The first-order valence-electron chi connectivity index (χ1n) is 6.62. The van der Waals surface area contributed by atoms with Crippen molar-refractivity contribution in [3.8, 4) is 0 Å². The van der Waals surface area contributed by atoms with Crippen LogP contribution in [-0.2, 0) is 0 Å². The van der Waals surface area contributed by atoms with E-state index in [1.807, 2.05) is 6.92 Å². The molecule has 1 aromatic carbocycles. The molecule has 2 atom stereocenters. The summed E-state index contributed by atoms with van der Waals surface area (Å²) in [7, 11) is 0. The fourth-order valence-corrected chi connectivity index (χ4v) is 2.67. The van der Waals surface area contributed by atoms with E-state index < -0.39 is 4.92 Å². The molecule has 6 nitrogen and oxygen atoms in total. The van der Waals surface area contributed by atoms with Crippen LogP contribution < -0.4 is 0 Å². The third-order valence-electron chi connectivity index (χ3n) is 3.91. The predicted octanol–water partition coefficient (Wildman–Crippen LogP) is 1.75. The lowest BCUT2D eigenvalue weighted by Crippen LogP contribution is -2.40. The van der Waals surface area contributed by atoms with Crippen LogP contribution in [0.4, 0.5) is 5.69 Å². The molecule has 0 saturated carbocycles. The molecule has 0 radical (unpaired) electrons. The minimum atomic E-state index is -0.542. The molecule has 6 heteroatoms. The highest BCUT2D eigenvalue weighted by Crippen LogP contribution is 2.28. The van der Waals surface area contributed by atoms with E-state index in [1.54, 1.807) is 17.9 Å². The molecule has 1 amide bonds. The molecule has 20 heavy (non-hydrogen) atoms. The average Bonchev–Trinajstić information content (AvgIpc) is 2.78. The summed E-state index contributed by atoms with van der Waals surface area (Å²) in [5, 5.41) is 20.5. The number of aliphatic hydroxyl groups is 1. The van der Waals surface area contributed by atoms with Crippen molar-refractivity contribution in [1.29, 1.82) is 0 Å². The van der Waals surface area contributed by atoms with Crippen molar-refractivity contribution in [2.75, 3.05) is 13.2 Å². The average molecular weight is 278 g/mol. The van der Waals surface area contributed by atoms with E-state index in [9.17, 15) is 20.0 Å². The number of aryl methyl sites for hydroxylation is 1. The van der Waals surface area contributed by atoms with Crippen molar-refractivity contribution in [2.24, 2.45) is 5.92 Å². The van der Waals surface area contributed by atoms with E-state index in [-0.39, 0.29) is 35.7 Å². The molecule has 1 aromatic rings. The van der Waals surface area contributed by atoms with Crippen molar-refractivity contribution in [3.05, 3.63) is 39.4 Å². The maximum absolute atomic E-state index is 12.5. The molecule has 1 saturated heterocycles. The van der Waals surface area contributed by atoms with Gasteiger partial charge in [-0.25, -0.2) is 0 Å². The minimum absolute atomic E-state index is 0.0996. The van der Waals surface area contributed by atoms with Crippen LogP contribution in [0, 0.1) is 23.0 Å². The normalized spacial score (nSPS) is 22.1. The van der Waals surface area contributed by atoms with Crippen LogP contribution >= 0.6 is 0 Å². The molecule has 1 aliphatic heterocycles. The van der Waals surface area contributed by atoms with Crippen LogP contribution in [0.1, 0.15) is 29.3 Å². The Morgan fingerprint density at radius 1 is 1.55 bits per heavy atom. The number of amides is 1. The Morgan fingerprint density at radius 2 is 2.25 bits per heavy atom. The van der Waals surface area contributed by atoms with Gasteiger partial charge >= 0.3 is 0 Å². The smallest absolute Gasteiger partial charge is 0.282 e. The zero-order chi connectivity index (χ0) is 14.9. The fourth-order valence-electron chi connectivity index (χ4n) is 2.67. The molecule has 1 aliphatic rings. The van der Waals surface area contributed by atoms with E-state index in [0.29, 0.717) is 6.54 Å². The molecular formula is C14H18N2O4. The molecule has 108 valence electrons. The molecule has 1 N–H and O–H groups in total. The molecule has 2 rings (SSSR count). The zero-order valence-electron chi connectivity index (χ0n) is 11.6.